The summed E-state index contributed by atoms with van der Waals surface area (Å²) in [6.45, 7) is 6.60. The molecule has 0 saturated carbocycles. The van der Waals surface area contributed by atoms with Crippen LogP contribution in [0.2, 0.25) is 0 Å². The number of hydrogen-bond donors (Lipinski definition) is 2. The van der Waals surface area contributed by atoms with Crippen LogP contribution in [0, 0.1) is 0 Å². The normalized spacial score (nSPS) is 19.0. The Morgan fingerprint density at radius 1 is 1.38 bits per heavy atom. The van der Waals surface area contributed by atoms with Crippen molar-refractivity contribution < 1.29 is 0 Å². The topological polar surface area (TPSA) is 50.9 Å². The van der Waals surface area contributed by atoms with Gasteiger partial charge >= 0.3 is 0 Å². The molecule has 3 nitrogen and oxygen atoms in total. The molecule has 0 saturated heterocycles. The van der Waals surface area contributed by atoms with Crippen molar-refractivity contribution in [1.29, 1.82) is 0 Å². The first-order valence-electron chi connectivity index (χ1n) is 7.48. The molecule has 3 N–H and O–H groups in total. The molecule has 1 aliphatic rings. The largest absolute Gasteiger partial charge is 0.271 e. The minimum Gasteiger partial charge on any atom is -0.271 e. The molecule has 0 bridgehead atoms. The number of nitrogens with zero attached hydrogens (tertiary/aromatic N) is 1. The Kier molecular flexibility index (Phi) is 3.86. The summed E-state index contributed by atoms with van der Waals surface area (Å²) in [6.07, 6.45) is 2.01. The van der Waals surface area contributed by atoms with Gasteiger partial charge in [-0.3, -0.25) is 11.3 Å². The molecular formula is C17H23N3S. The van der Waals surface area contributed by atoms with Gasteiger partial charge in [0.15, 0.2) is 0 Å². The number of aromatic nitrogens is 1. The van der Waals surface area contributed by atoms with E-state index in [1.165, 1.54) is 21.8 Å². The van der Waals surface area contributed by atoms with Crippen molar-refractivity contribution in [2.24, 2.45) is 5.84 Å². The average molecular weight is 301 g/mol. The summed E-state index contributed by atoms with van der Waals surface area (Å²) in [5.74, 6) is 6.32. The molecule has 1 heterocycles. The van der Waals surface area contributed by atoms with Gasteiger partial charge in [0.1, 0.15) is 0 Å². The lowest BCUT2D eigenvalue weighted by Gasteiger charge is -2.36. The lowest BCUT2D eigenvalue weighted by Crippen LogP contribution is -2.45. The van der Waals surface area contributed by atoms with Crippen LogP contribution < -0.4 is 11.3 Å². The monoisotopic (exact) mass is 301 g/mol. The van der Waals surface area contributed by atoms with Crippen LogP contribution in [0.15, 0.2) is 29.6 Å². The number of benzene rings is 1. The van der Waals surface area contributed by atoms with Gasteiger partial charge in [-0.05, 0) is 17.5 Å². The molecule has 4 heteroatoms. The molecule has 21 heavy (non-hydrogen) atoms. The van der Waals surface area contributed by atoms with Gasteiger partial charge in [-0.25, -0.2) is 4.98 Å². The van der Waals surface area contributed by atoms with Gasteiger partial charge in [-0.15, -0.1) is 11.3 Å². The number of rotatable bonds is 4. The molecule has 2 aromatic rings. The average Bonchev–Trinajstić information content (AvgIpc) is 2.87. The molecule has 2 unspecified atom stereocenters. The van der Waals surface area contributed by atoms with Crippen molar-refractivity contribution >= 4 is 11.3 Å². The zero-order valence-corrected chi connectivity index (χ0v) is 13.7. The van der Waals surface area contributed by atoms with Gasteiger partial charge in [0.05, 0.1) is 10.7 Å². The third-order valence-corrected chi connectivity index (χ3v) is 5.18. The van der Waals surface area contributed by atoms with Crippen LogP contribution in [0.25, 0.3) is 0 Å². The fourth-order valence-electron chi connectivity index (χ4n) is 2.91. The molecule has 0 fully saturated rings. The molecular weight excluding hydrogens is 278 g/mol. The van der Waals surface area contributed by atoms with Crippen LogP contribution >= 0.6 is 11.3 Å². The van der Waals surface area contributed by atoms with Gasteiger partial charge in [0.25, 0.3) is 0 Å². The summed E-state index contributed by atoms with van der Waals surface area (Å²) in [7, 11) is 0. The summed E-state index contributed by atoms with van der Waals surface area (Å²) in [6, 6.07) is 8.91. The van der Waals surface area contributed by atoms with Gasteiger partial charge in [0, 0.05) is 29.2 Å². The van der Waals surface area contributed by atoms with E-state index in [4.69, 9.17) is 10.8 Å². The van der Waals surface area contributed by atoms with Crippen LogP contribution in [0.3, 0.4) is 0 Å². The fourth-order valence-corrected chi connectivity index (χ4v) is 3.99. The van der Waals surface area contributed by atoms with E-state index in [-0.39, 0.29) is 11.5 Å². The number of fused-ring (bicyclic) bond motifs is 1. The number of hydrogen-bond acceptors (Lipinski definition) is 4. The number of thiazole rings is 1. The summed E-state index contributed by atoms with van der Waals surface area (Å²) >= 11 is 1.75. The fraction of sp³-hybridized carbons (Fsp3) is 0.471. The third-order valence-electron chi connectivity index (χ3n) is 4.31. The Hall–Kier alpha value is -1.23. The molecule has 3 rings (SSSR count). The summed E-state index contributed by atoms with van der Waals surface area (Å²) < 4.78 is 0. The lowest BCUT2D eigenvalue weighted by atomic mass is 9.73. The van der Waals surface area contributed by atoms with Crippen molar-refractivity contribution in [2.45, 2.75) is 51.0 Å². The Labute approximate surface area is 130 Å². The maximum atomic E-state index is 5.81. The second-order valence-corrected chi connectivity index (χ2v) is 7.81. The number of nitrogens with two attached hydrogens (primary N) is 1. The Balaban J connectivity index is 1.73. The van der Waals surface area contributed by atoms with Crippen molar-refractivity contribution in [2.75, 3.05) is 0 Å². The zero-order chi connectivity index (χ0) is 15.0. The van der Waals surface area contributed by atoms with E-state index >= 15 is 0 Å². The van der Waals surface area contributed by atoms with Crippen LogP contribution in [0.1, 0.15) is 48.5 Å². The van der Waals surface area contributed by atoms with Crippen molar-refractivity contribution in [3.05, 3.63) is 51.5 Å². The molecule has 0 aliphatic heterocycles. The Morgan fingerprint density at radius 3 is 2.76 bits per heavy atom. The molecule has 1 aromatic carbocycles. The molecule has 0 spiro atoms. The van der Waals surface area contributed by atoms with E-state index in [1.54, 1.807) is 11.3 Å². The van der Waals surface area contributed by atoms with Crippen LogP contribution in [-0.2, 0) is 18.3 Å². The molecule has 0 radical (unpaired) electrons. The first-order valence-corrected chi connectivity index (χ1v) is 8.36. The van der Waals surface area contributed by atoms with E-state index in [2.05, 4.69) is 55.8 Å². The van der Waals surface area contributed by atoms with E-state index < -0.39 is 0 Å². The van der Waals surface area contributed by atoms with E-state index in [1.807, 2.05) is 0 Å². The molecule has 2 atom stereocenters. The molecule has 112 valence electrons. The van der Waals surface area contributed by atoms with E-state index in [9.17, 15) is 0 Å². The van der Waals surface area contributed by atoms with Crippen LogP contribution in [0.4, 0.5) is 0 Å². The van der Waals surface area contributed by atoms with Crippen molar-refractivity contribution in [1.82, 2.24) is 10.4 Å². The second-order valence-electron chi connectivity index (χ2n) is 6.86. The minimum atomic E-state index is 0.115. The van der Waals surface area contributed by atoms with Gasteiger partial charge < -0.3 is 0 Å². The van der Waals surface area contributed by atoms with Gasteiger partial charge in [-0.2, -0.15) is 0 Å². The first kappa shape index (κ1) is 14.7. The maximum Gasteiger partial charge on any atom is 0.0944 e. The standard InChI is InChI=1S/C17H23N3S/c1-17(2,3)15-10-21-16(19-15)9-14(20-18)13-8-11-6-4-5-7-12(11)13/h4-7,10,13-14,20H,8-9,18H2,1-3H3. The zero-order valence-electron chi connectivity index (χ0n) is 12.9. The van der Waals surface area contributed by atoms with Gasteiger partial charge in [-0.1, -0.05) is 45.0 Å². The van der Waals surface area contributed by atoms with Crippen LogP contribution in [0.5, 0.6) is 0 Å². The highest BCUT2D eigenvalue weighted by Gasteiger charge is 2.32. The highest BCUT2D eigenvalue weighted by Crippen LogP contribution is 2.38. The highest BCUT2D eigenvalue weighted by atomic mass is 32.1. The lowest BCUT2D eigenvalue weighted by molar-refractivity contribution is 0.403. The third kappa shape index (κ3) is 2.89. The molecule has 1 aliphatic carbocycles. The first-order chi connectivity index (χ1) is 9.99. The second kappa shape index (κ2) is 5.52. The van der Waals surface area contributed by atoms with Crippen molar-refractivity contribution in [3.8, 4) is 0 Å². The van der Waals surface area contributed by atoms with Crippen molar-refractivity contribution in [3.63, 3.8) is 0 Å². The predicted octanol–water partition coefficient (Wildman–Crippen LogP) is 3.15. The molecule has 1 aromatic heterocycles. The smallest absolute Gasteiger partial charge is 0.0944 e. The Morgan fingerprint density at radius 2 is 2.14 bits per heavy atom. The molecule has 0 amide bonds. The maximum absolute atomic E-state index is 5.81. The van der Waals surface area contributed by atoms with E-state index in [0.29, 0.717) is 5.92 Å². The number of nitrogens with one attached hydrogen (secondary N) is 1. The highest BCUT2D eigenvalue weighted by molar-refractivity contribution is 7.09. The number of hydrazine groups is 1. The summed E-state index contributed by atoms with van der Waals surface area (Å²) in [5.41, 5.74) is 7.19. The summed E-state index contributed by atoms with van der Waals surface area (Å²) in [5, 5.41) is 3.35. The van der Waals surface area contributed by atoms with E-state index in [0.717, 1.165) is 12.8 Å². The Bertz CT molecular complexity index is 627. The van der Waals surface area contributed by atoms with Crippen LogP contribution in [-0.4, -0.2) is 11.0 Å². The summed E-state index contributed by atoms with van der Waals surface area (Å²) in [4.78, 5) is 4.79. The predicted molar refractivity (Wildman–Crippen MR) is 88.5 cm³/mol. The quantitative estimate of drug-likeness (QED) is 0.674. The minimum absolute atomic E-state index is 0.115. The van der Waals surface area contributed by atoms with Gasteiger partial charge in [0.2, 0.25) is 0 Å². The SMILES string of the molecule is CC(C)(C)c1csc(CC(NN)C2Cc3ccccc32)n1.